The number of hydrogen-bond donors (Lipinski definition) is 0. The lowest BCUT2D eigenvalue weighted by atomic mass is 10.00. The van der Waals surface area contributed by atoms with E-state index in [1.54, 1.807) is 18.5 Å². The molecule has 4 rings (SSSR count). The van der Waals surface area contributed by atoms with E-state index in [0.717, 1.165) is 65.7 Å². The Morgan fingerprint density at radius 2 is 1.63 bits per heavy atom. The van der Waals surface area contributed by atoms with E-state index in [2.05, 4.69) is 24.1 Å². The van der Waals surface area contributed by atoms with Gasteiger partial charge in [0.05, 0.1) is 32.4 Å². The Hall–Kier alpha value is -2.87. The van der Waals surface area contributed by atoms with Crippen molar-refractivity contribution in [2.24, 2.45) is 0 Å². The first-order valence-corrected chi connectivity index (χ1v) is 13.5. The van der Waals surface area contributed by atoms with Crippen LogP contribution in [-0.2, 0) is 11.2 Å². The van der Waals surface area contributed by atoms with Crippen LogP contribution in [0.1, 0.15) is 36.8 Å². The van der Waals surface area contributed by atoms with Crippen molar-refractivity contribution in [2.75, 3.05) is 45.3 Å². The van der Waals surface area contributed by atoms with E-state index in [1.165, 1.54) is 17.5 Å². The molecule has 1 unspecified atom stereocenters. The standard InChI is InChI=1S/C30H36N2O4S.ClH/c1-22-24-11-5-8-14-29(24)37-32(30(22)33)25-12-6-7-13-26(25)36-20-10-9-18-31(2)19-17-23-15-16-27(34-3)28(21-23)35-4;/h5-8,11-16,21-22H,9-10,17-20H2,1-4H3;1H. The van der Waals surface area contributed by atoms with Crippen molar-refractivity contribution >= 4 is 35.9 Å². The number of para-hydroxylation sites is 2. The Morgan fingerprint density at radius 3 is 2.42 bits per heavy atom. The summed E-state index contributed by atoms with van der Waals surface area (Å²) in [5.41, 5.74) is 3.12. The van der Waals surface area contributed by atoms with Crippen molar-refractivity contribution in [1.29, 1.82) is 0 Å². The molecule has 204 valence electrons. The summed E-state index contributed by atoms with van der Waals surface area (Å²) >= 11 is 1.47. The molecular formula is C30H37ClN2O4S. The average Bonchev–Trinajstić information content (AvgIpc) is 2.93. The van der Waals surface area contributed by atoms with Gasteiger partial charge in [-0.15, -0.1) is 12.4 Å². The number of anilines is 1. The Bertz CT molecular complexity index is 1210. The molecule has 0 aromatic heterocycles. The molecule has 0 radical (unpaired) electrons. The SMILES string of the molecule is COc1ccc(CCN(C)CCCCOc2ccccc2N2Sc3ccccc3C(C)C2=O)cc1OC.Cl. The highest BCUT2D eigenvalue weighted by Crippen LogP contribution is 2.44. The number of carbonyl (C=O) groups is 1. The molecule has 1 heterocycles. The number of unbranched alkanes of at least 4 members (excludes halogenated alkanes) is 1. The highest BCUT2D eigenvalue weighted by Gasteiger charge is 2.33. The van der Waals surface area contributed by atoms with E-state index in [1.807, 2.05) is 61.5 Å². The summed E-state index contributed by atoms with van der Waals surface area (Å²) in [6.45, 7) is 4.54. The maximum absolute atomic E-state index is 13.2. The highest BCUT2D eigenvalue weighted by atomic mass is 35.5. The predicted octanol–water partition coefficient (Wildman–Crippen LogP) is 6.62. The molecule has 0 saturated carbocycles. The van der Waals surface area contributed by atoms with Crippen molar-refractivity contribution in [2.45, 2.75) is 37.0 Å². The quantitative estimate of drug-likeness (QED) is 0.185. The van der Waals surface area contributed by atoms with Gasteiger partial charge in [-0.2, -0.15) is 0 Å². The number of rotatable bonds is 12. The zero-order valence-electron chi connectivity index (χ0n) is 22.5. The molecule has 0 N–H and O–H groups in total. The van der Waals surface area contributed by atoms with E-state index in [0.29, 0.717) is 6.61 Å². The van der Waals surface area contributed by atoms with Gasteiger partial charge in [0.2, 0.25) is 5.91 Å². The van der Waals surface area contributed by atoms with Gasteiger partial charge in [0.25, 0.3) is 0 Å². The topological polar surface area (TPSA) is 51.2 Å². The normalized spacial score (nSPS) is 14.6. The summed E-state index contributed by atoms with van der Waals surface area (Å²) in [6, 6.07) is 22.0. The lowest BCUT2D eigenvalue weighted by molar-refractivity contribution is -0.118. The molecule has 3 aromatic carbocycles. The molecule has 1 aliphatic rings. The fraction of sp³-hybridized carbons (Fsp3) is 0.367. The Labute approximate surface area is 236 Å². The fourth-order valence-corrected chi connectivity index (χ4v) is 5.61. The van der Waals surface area contributed by atoms with Crippen molar-refractivity contribution in [3.63, 3.8) is 0 Å². The number of carbonyl (C=O) groups excluding carboxylic acids is 1. The molecular weight excluding hydrogens is 520 g/mol. The molecule has 1 aliphatic heterocycles. The van der Waals surface area contributed by atoms with Gasteiger partial charge in [0.1, 0.15) is 5.75 Å². The number of benzene rings is 3. The molecule has 1 atom stereocenters. The maximum atomic E-state index is 13.2. The lowest BCUT2D eigenvalue weighted by Crippen LogP contribution is -2.32. The van der Waals surface area contributed by atoms with Crippen LogP contribution in [-0.4, -0.2) is 51.8 Å². The first-order valence-electron chi connectivity index (χ1n) is 12.7. The second-order valence-electron chi connectivity index (χ2n) is 9.25. The van der Waals surface area contributed by atoms with Gasteiger partial charge < -0.3 is 19.1 Å². The van der Waals surface area contributed by atoms with Gasteiger partial charge in [-0.1, -0.05) is 36.4 Å². The van der Waals surface area contributed by atoms with Crippen LogP contribution < -0.4 is 18.5 Å². The third kappa shape index (κ3) is 7.16. The highest BCUT2D eigenvalue weighted by molar-refractivity contribution is 8.01. The molecule has 0 bridgehead atoms. The Morgan fingerprint density at radius 1 is 0.895 bits per heavy atom. The molecule has 3 aromatic rings. The summed E-state index contributed by atoms with van der Waals surface area (Å²) in [6.07, 6.45) is 2.92. The van der Waals surface area contributed by atoms with E-state index in [9.17, 15) is 4.79 Å². The van der Waals surface area contributed by atoms with Gasteiger partial charge >= 0.3 is 0 Å². The molecule has 0 fully saturated rings. The van der Waals surface area contributed by atoms with Crippen LogP contribution in [0, 0.1) is 0 Å². The first kappa shape index (κ1) is 29.7. The molecule has 8 heteroatoms. The van der Waals surface area contributed by atoms with Crippen LogP contribution in [0.5, 0.6) is 17.2 Å². The second kappa shape index (κ2) is 14.3. The number of fused-ring (bicyclic) bond motifs is 1. The number of ether oxygens (including phenoxy) is 3. The molecule has 0 aliphatic carbocycles. The van der Waals surface area contributed by atoms with Gasteiger partial charge in [-0.25, -0.2) is 4.31 Å². The minimum absolute atomic E-state index is 0. The van der Waals surface area contributed by atoms with Crippen LogP contribution in [0.3, 0.4) is 0 Å². The van der Waals surface area contributed by atoms with Gasteiger partial charge in [0.15, 0.2) is 11.5 Å². The average molecular weight is 557 g/mol. The van der Waals surface area contributed by atoms with E-state index in [-0.39, 0.29) is 24.2 Å². The number of hydrogen-bond acceptors (Lipinski definition) is 6. The second-order valence-corrected chi connectivity index (χ2v) is 10.2. The molecule has 38 heavy (non-hydrogen) atoms. The third-order valence-electron chi connectivity index (χ3n) is 6.65. The largest absolute Gasteiger partial charge is 0.493 e. The van der Waals surface area contributed by atoms with Gasteiger partial charge in [0, 0.05) is 11.4 Å². The first-order chi connectivity index (χ1) is 18.0. The van der Waals surface area contributed by atoms with Crippen molar-refractivity contribution in [3.05, 3.63) is 77.9 Å². The smallest absolute Gasteiger partial charge is 0.244 e. The zero-order chi connectivity index (χ0) is 26.2. The van der Waals surface area contributed by atoms with Crippen LogP contribution >= 0.6 is 24.4 Å². The summed E-state index contributed by atoms with van der Waals surface area (Å²) < 4.78 is 18.7. The maximum Gasteiger partial charge on any atom is 0.244 e. The molecule has 1 amide bonds. The minimum Gasteiger partial charge on any atom is -0.493 e. The predicted molar refractivity (Wildman–Crippen MR) is 157 cm³/mol. The van der Waals surface area contributed by atoms with Crippen LogP contribution in [0.25, 0.3) is 0 Å². The number of methoxy groups -OCH3 is 2. The Kier molecular flexibility index (Phi) is 11.2. The molecule has 6 nitrogen and oxygen atoms in total. The lowest BCUT2D eigenvalue weighted by Gasteiger charge is -2.32. The summed E-state index contributed by atoms with van der Waals surface area (Å²) in [7, 11) is 5.46. The van der Waals surface area contributed by atoms with E-state index >= 15 is 0 Å². The number of halogens is 1. The molecule has 0 saturated heterocycles. The van der Waals surface area contributed by atoms with Crippen LogP contribution in [0.4, 0.5) is 5.69 Å². The van der Waals surface area contributed by atoms with Crippen LogP contribution in [0.15, 0.2) is 71.6 Å². The van der Waals surface area contributed by atoms with Crippen LogP contribution in [0.2, 0.25) is 0 Å². The third-order valence-corrected chi connectivity index (χ3v) is 7.78. The minimum atomic E-state index is -0.181. The summed E-state index contributed by atoms with van der Waals surface area (Å²) in [5.74, 6) is 2.17. The van der Waals surface area contributed by atoms with E-state index < -0.39 is 0 Å². The summed E-state index contributed by atoms with van der Waals surface area (Å²) in [5, 5.41) is 0. The van der Waals surface area contributed by atoms with E-state index in [4.69, 9.17) is 14.2 Å². The molecule has 0 spiro atoms. The van der Waals surface area contributed by atoms with Gasteiger partial charge in [-0.05, 0) is 93.2 Å². The number of amides is 1. The monoisotopic (exact) mass is 556 g/mol. The fourth-order valence-electron chi connectivity index (χ4n) is 4.42. The van der Waals surface area contributed by atoms with Crippen molar-refractivity contribution in [3.8, 4) is 17.2 Å². The number of nitrogens with zero attached hydrogens (tertiary/aromatic N) is 2. The number of likely N-dealkylation sites (N-methyl/N-ethyl adjacent to an activating group) is 1. The van der Waals surface area contributed by atoms with Crippen molar-refractivity contribution in [1.82, 2.24) is 4.90 Å². The van der Waals surface area contributed by atoms with Crippen molar-refractivity contribution < 1.29 is 19.0 Å². The Balaban J connectivity index is 0.00000400. The zero-order valence-corrected chi connectivity index (χ0v) is 24.1. The van der Waals surface area contributed by atoms with Gasteiger partial charge in [-0.3, -0.25) is 4.79 Å². The summed E-state index contributed by atoms with van der Waals surface area (Å²) in [4.78, 5) is 16.6.